The van der Waals surface area contributed by atoms with E-state index in [9.17, 15) is 20.4 Å². The summed E-state index contributed by atoms with van der Waals surface area (Å²) in [6.45, 7) is 1.49. The monoisotopic (exact) mass is 339 g/mol. The van der Waals surface area contributed by atoms with E-state index in [1.807, 2.05) is 6.92 Å². The predicted octanol–water partition coefficient (Wildman–Crippen LogP) is -1.38. The van der Waals surface area contributed by atoms with Crippen LogP contribution in [0.25, 0.3) is 11.2 Å². The van der Waals surface area contributed by atoms with Crippen LogP contribution in [0.4, 0.5) is 5.82 Å². The summed E-state index contributed by atoms with van der Waals surface area (Å²) in [5, 5.41) is 41.7. The average Bonchev–Trinajstić information content (AvgIpc) is 3.15. The molecule has 0 radical (unpaired) electrons. The Labute approximate surface area is 137 Å². The van der Waals surface area contributed by atoms with E-state index in [1.54, 1.807) is 0 Å². The molecular formula is C14H21N5O5. The third-order valence-corrected chi connectivity index (χ3v) is 4.20. The lowest BCUT2D eigenvalue weighted by molar-refractivity contribution is -0.0511. The van der Waals surface area contributed by atoms with Gasteiger partial charge in [0, 0.05) is 0 Å². The minimum absolute atomic E-state index is 0.0441. The summed E-state index contributed by atoms with van der Waals surface area (Å²) in [5.74, 6) is 0.464. The number of aromatic nitrogens is 4. The molecule has 5 atom stereocenters. The van der Waals surface area contributed by atoms with Crippen molar-refractivity contribution in [3.8, 4) is 0 Å². The molecule has 5 N–H and O–H groups in total. The van der Waals surface area contributed by atoms with E-state index in [1.165, 1.54) is 17.2 Å². The Hall–Kier alpha value is -1.85. The Balaban J connectivity index is 1.94. The number of fused-ring (bicyclic) bond motifs is 1. The standard InChI is InChI=1S/C14H21N5O5/c1-2-7(3-20)18-12-9-13(16-5-15-12)19(6-17-9)14-11(23)10(22)8(4-21)24-14/h5-8,10-11,14,20-23H,2-4H2,1H3,(H,15,16,18). The van der Waals surface area contributed by atoms with Gasteiger partial charge in [0.15, 0.2) is 23.2 Å². The lowest BCUT2D eigenvalue weighted by Crippen LogP contribution is -2.33. The molecular weight excluding hydrogens is 318 g/mol. The number of hydrogen-bond donors (Lipinski definition) is 5. The van der Waals surface area contributed by atoms with Gasteiger partial charge in [0.05, 0.1) is 25.6 Å². The molecule has 0 saturated carbocycles. The van der Waals surface area contributed by atoms with E-state index in [0.717, 1.165) is 0 Å². The quantitative estimate of drug-likeness (QED) is 0.430. The number of nitrogens with zero attached hydrogens (tertiary/aromatic N) is 4. The first-order valence-electron chi connectivity index (χ1n) is 7.78. The van der Waals surface area contributed by atoms with Crippen LogP contribution in [0.3, 0.4) is 0 Å². The highest BCUT2D eigenvalue weighted by atomic mass is 16.6. The maximum Gasteiger partial charge on any atom is 0.167 e. The van der Waals surface area contributed by atoms with Crippen molar-refractivity contribution in [2.45, 2.75) is 43.9 Å². The number of anilines is 1. The van der Waals surface area contributed by atoms with Gasteiger partial charge < -0.3 is 30.5 Å². The molecule has 0 amide bonds. The molecule has 24 heavy (non-hydrogen) atoms. The van der Waals surface area contributed by atoms with Gasteiger partial charge in [-0.25, -0.2) is 15.0 Å². The zero-order chi connectivity index (χ0) is 17.3. The molecule has 10 nitrogen and oxygen atoms in total. The predicted molar refractivity (Wildman–Crippen MR) is 83.1 cm³/mol. The van der Waals surface area contributed by atoms with E-state index >= 15 is 0 Å². The van der Waals surface area contributed by atoms with Gasteiger partial charge in [-0.2, -0.15) is 0 Å². The molecule has 3 heterocycles. The highest BCUT2D eigenvalue weighted by molar-refractivity contribution is 5.82. The highest BCUT2D eigenvalue weighted by Crippen LogP contribution is 2.32. The van der Waals surface area contributed by atoms with E-state index in [0.29, 0.717) is 23.4 Å². The highest BCUT2D eigenvalue weighted by Gasteiger charge is 2.44. The molecule has 0 spiro atoms. The van der Waals surface area contributed by atoms with Gasteiger partial charge in [0.1, 0.15) is 24.6 Å². The Bertz CT molecular complexity index is 691. The average molecular weight is 339 g/mol. The third-order valence-electron chi connectivity index (χ3n) is 4.20. The minimum Gasteiger partial charge on any atom is -0.394 e. The molecule has 3 rings (SSSR count). The Morgan fingerprint density at radius 3 is 2.67 bits per heavy atom. The largest absolute Gasteiger partial charge is 0.394 e. The lowest BCUT2D eigenvalue weighted by atomic mass is 10.1. The van der Waals surface area contributed by atoms with Crippen LogP contribution in [0.5, 0.6) is 0 Å². The fourth-order valence-electron chi connectivity index (χ4n) is 2.72. The number of hydrogen-bond acceptors (Lipinski definition) is 9. The van der Waals surface area contributed by atoms with Crippen molar-refractivity contribution in [1.29, 1.82) is 0 Å². The van der Waals surface area contributed by atoms with Crippen LogP contribution in [0.15, 0.2) is 12.7 Å². The molecule has 10 heteroatoms. The number of aliphatic hydroxyl groups is 4. The maximum absolute atomic E-state index is 10.2. The van der Waals surface area contributed by atoms with Gasteiger partial charge in [-0.3, -0.25) is 4.57 Å². The Morgan fingerprint density at radius 2 is 2.04 bits per heavy atom. The zero-order valence-electron chi connectivity index (χ0n) is 13.1. The van der Waals surface area contributed by atoms with Crippen molar-refractivity contribution in [3.63, 3.8) is 0 Å². The van der Waals surface area contributed by atoms with Crippen molar-refractivity contribution in [2.24, 2.45) is 0 Å². The fourth-order valence-corrected chi connectivity index (χ4v) is 2.72. The summed E-state index contributed by atoms with van der Waals surface area (Å²) in [4.78, 5) is 12.6. The zero-order valence-corrected chi connectivity index (χ0v) is 13.1. The Morgan fingerprint density at radius 1 is 1.25 bits per heavy atom. The molecule has 2 aromatic heterocycles. The van der Waals surface area contributed by atoms with Crippen molar-refractivity contribution in [3.05, 3.63) is 12.7 Å². The SMILES string of the molecule is CCC(CO)Nc1ncnc2c1ncn2C1OC(CO)C(O)C1O. The van der Waals surface area contributed by atoms with E-state index < -0.39 is 31.1 Å². The molecule has 1 aliphatic rings. The molecule has 132 valence electrons. The summed E-state index contributed by atoms with van der Waals surface area (Å²) in [7, 11) is 0. The molecule has 1 saturated heterocycles. The van der Waals surface area contributed by atoms with Crippen molar-refractivity contribution < 1.29 is 25.2 Å². The molecule has 1 fully saturated rings. The van der Waals surface area contributed by atoms with Gasteiger partial charge in [0.25, 0.3) is 0 Å². The van der Waals surface area contributed by atoms with Gasteiger partial charge in [-0.15, -0.1) is 0 Å². The summed E-state index contributed by atoms with van der Waals surface area (Å²) in [6.07, 6.45) is -0.718. The summed E-state index contributed by atoms with van der Waals surface area (Å²) < 4.78 is 6.99. The molecule has 2 aromatic rings. The maximum atomic E-state index is 10.2. The second kappa shape index (κ2) is 6.95. The number of imidazole rings is 1. The molecule has 0 aromatic carbocycles. The van der Waals surface area contributed by atoms with Crippen molar-refractivity contribution >= 4 is 17.0 Å². The fraction of sp³-hybridized carbons (Fsp3) is 0.643. The summed E-state index contributed by atoms with van der Waals surface area (Å²) >= 11 is 0. The van der Waals surface area contributed by atoms with E-state index in [4.69, 9.17) is 4.74 Å². The van der Waals surface area contributed by atoms with Crippen LogP contribution in [0.2, 0.25) is 0 Å². The number of rotatable bonds is 6. The summed E-state index contributed by atoms with van der Waals surface area (Å²) in [6, 6.07) is -0.165. The first-order valence-corrected chi connectivity index (χ1v) is 7.78. The minimum atomic E-state index is -1.22. The molecule has 1 aliphatic heterocycles. The normalized spacial score (nSPS) is 28.4. The van der Waals surface area contributed by atoms with Crippen molar-refractivity contribution in [2.75, 3.05) is 18.5 Å². The van der Waals surface area contributed by atoms with Crippen molar-refractivity contribution in [1.82, 2.24) is 19.5 Å². The first-order chi connectivity index (χ1) is 11.6. The second-order valence-electron chi connectivity index (χ2n) is 5.71. The van der Waals surface area contributed by atoms with Crippen LogP contribution >= 0.6 is 0 Å². The van der Waals surface area contributed by atoms with Gasteiger partial charge >= 0.3 is 0 Å². The van der Waals surface area contributed by atoms with Gasteiger partial charge in [0.2, 0.25) is 0 Å². The summed E-state index contributed by atoms with van der Waals surface area (Å²) in [5.41, 5.74) is 0.872. The molecule has 0 bridgehead atoms. The first kappa shape index (κ1) is 17.0. The lowest BCUT2D eigenvalue weighted by Gasteiger charge is -2.17. The third kappa shape index (κ3) is 2.82. The smallest absolute Gasteiger partial charge is 0.167 e. The number of ether oxygens (including phenoxy) is 1. The van der Waals surface area contributed by atoms with E-state index in [-0.39, 0.29) is 12.6 Å². The molecule has 5 unspecified atom stereocenters. The van der Waals surface area contributed by atoms with Crippen LogP contribution < -0.4 is 5.32 Å². The van der Waals surface area contributed by atoms with Crippen LogP contribution in [-0.4, -0.2) is 77.5 Å². The number of nitrogens with one attached hydrogen (secondary N) is 1. The van der Waals surface area contributed by atoms with Crippen LogP contribution in [-0.2, 0) is 4.74 Å². The molecule has 0 aliphatic carbocycles. The van der Waals surface area contributed by atoms with Gasteiger partial charge in [-0.05, 0) is 6.42 Å². The van der Waals surface area contributed by atoms with Crippen LogP contribution in [0.1, 0.15) is 19.6 Å². The topological polar surface area (TPSA) is 146 Å². The van der Waals surface area contributed by atoms with Crippen LogP contribution in [0, 0.1) is 0 Å². The number of aliphatic hydroxyl groups excluding tert-OH is 4. The second-order valence-corrected chi connectivity index (χ2v) is 5.71. The van der Waals surface area contributed by atoms with Gasteiger partial charge in [-0.1, -0.05) is 6.92 Å². The van der Waals surface area contributed by atoms with E-state index in [2.05, 4.69) is 20.3 Å². The Kier molecular flexibility index (Phi) is 4.92.